The van der Waals surface area contributed by atoms with Crippen molar-refractivity contribution in [2.75, 3.05) is 4.90 Å². The van der Waals surface area contributed by atoms with E-state index in [1.54, 1.807) is 30.8 Å². The van der Waals surface area contributed by atoms with Crippen molar-refractivity contribution in [2.24, 2.45) is 18.9 Å². The second-order valence-corrected chi connectivity index (χ2v) is 11.1. The van der Waals surface area contributed by atoms with Crippen LogP contribution in [-0.4, -0.2) is 21.2 Å². The molecule has 4 aromatic rings. The molecular weight excluding hydrogens is 509 g/mol. The van der Waals surface area contributed by atoms with Crippen LogP contribution in [0.3, 0.4) is 0 Å². The summed E-state index contributed by atoms with van der Waals surface area (Å²) in [5, 5.41) is 0. The van der Waals surface area contributed by atoms with Crippen molar-refractivity contribution in [1.82, 2.24) is 9.36 Å². The van der Waals surface area contributed by atoms with E-state index in [1.165, 1.54) is 4.68 Å². The second kappa shape index (κ2) is 7.24. The average molecular weight is 530 g/mol. The molecule has 1 aromatic heterocycles. The monoisotopic (exact) mass is 529 g/mol. The van der Waals surface area contributed by atoms with Gasteiger partial charge in [0.15, 0.2) is 0 Å². The predicted molar refractivity (Wildman–Crippen MR) is 141 cm³/mol. The third kappa shape index (κ3) is 2.45. The lowest BCUT2D eigenvalue weighted by atomic mass is 9.54. The van der Waals surface area contributed by atoms with Gasteiger partial charge >= 0.3 is 0 Å². The molecule has 2 bridgehead atoms. The second-order valence-electron chi connectivity index (χ2n) is 9.89. The van der Waals surface area contributed by atoms with E-state index < -0.39 is 39.0 Å². The minimum absolute atomic E-state index is 0.0313. The molecule has 8 rings (SSSR count). The van der Waals surface area contributed by atoms with Gasteiger partial charge in [0.05, 0.1) is 23.2 Å². The minimum Gasteiger partial charge on any atom is -0.283 e. The number of alkyl halides is 2. The normalized spacial score (nSPS) is 27.3. The summed E-state index contributed by atoms with van der Waals surface area (Å²) in [6.07, 6.45) is 0. The zero-order valence-corrected chi connectivity index (χ0v) is 21.5. The zero-order valence-electron chi connectivity index (χ0n) is 20.0. The van der Waals surface area contributed by atoms with Crippen molar-refractivity contribution in [3.8, 4) is 5.69 Å². The summed E-state index contributed by atoms with van der Waals surface area (Å²) in [6.45, 7) is 1.73. The summed E-state index contributed by atoms with van der Waals surface area (Å²) >= 11 is 15.0. The van der Waals surface area contributed by atoms with E-state index in [-0.39, 0.29) is 5.69 Å². The molecule has 1 aliphatic heterocycles. The van der Waals surface area contributed by atoms with E-state index >= 15 is 0 Å². The molecule has 6 nitrogen and oxygen atoms in total. The molecule has 3 aliphatic carbocycles. The van der Waals surface area contributed by atoms with Crippen LogP contribution in [0.1, 0.15) is 27.9 Å². The molecule has 4 aliphatic rings. The lowest BCUT2D eigenvalue weighted by molar-refractivity contribution is -0.122. The van der Waals surface area contributed by atoms with Gasteiger partial charge in [-0.2, -0.15) is 0 Å². The Kier molecular flexibility index (Phi) is 4.42. The first-order chi connectivity index (χ1) is 17.7. The van der Waals surface area contributed by atoms with Crippen molar-refractivity contribution in [3.05, 3.63) is 117 Å². The first-order valence-corrected chi connectivity index (χ1v) is 12.8. The number of aromatic nitrogens is 2. The van der Waals surface area contributed by atoms with Gasteiger partial charge in [0, 0.05) is 7.05 Å². The quantitative estimate of drug-likeness (QED) is 0.282. The van der Waals surface area contributed by atoms with Crippen LogP contribution in [0.2, 0.25) is 0 Å². The number of imide groups is 1. The molecule has 2 heterocycles. The minimum atomic E-state index is -1.29. The van der Waals surface area contributed by atoms with Crippen molar-refractivity contribution in [3.63, 3.8) is 0 Å². The number of carbonyl (C=O) groups is 2. The molecule has 37 heavy (non-hydrogen) atoms. The smallest absolute Gasteiger partial charge is 0.283 e. The van der Waals surface area contributed by atoms with Gasteiger partial charge in [0.25, 0.3) is 5.56 Å². The van der Waals surface area contributed by atoms with E-state index in [4.69, 9.17) is 23.2 Å². The Balaban J connectivity index is 1.49. The first kappa shape index (κ1) is 22.6. The lowest BCUT2D eigenvalue weighted by Crippen LogP contribution is -2.57. The van der Waals surface area contributed by atoms with Crippen LogP contribution in [0, 0.1) is 18.8 Å². The Bertz CT molecular complexity index is 1600. The summed E-state index contributed by atoms with van der Waals surface area (Å²) in [7, 11) is 1.73. The molecule has 0 spiro atoms. The van der Waals surface area contributed by atoms with Gasteiger partial charge in [0.2, 0.25) is 11.8 Å². The Morgan fingerprint density at radius 2 is 1.08 bits per heavy atom. The van der Waals surface area contributed by atoms with Gasteiger partial charge in [-0.15, -0.1) is 23.2 Å². The number of hydrogen-bond acceptors (Lipinski definition) is 3. The van der Waals surface area contributed by atoms with Gasteiger partial charge in [0.1, 0.15) is 15.4 Å². The van der Waals surface area contributed by atoms with Gasteiger partial charge in [-0.25, -0.2) is 9.58 Å². The fourth-order valence-electron chi connectivity index (χ4n) is 6.70. The number of amides is 2. The number of hydrogen-bond donors (Lipinski definition) is 0. The summed E-state index contributed by atoms with van der Waals surface area (Å²) in [5.74, 6) is -2.95. The highest BCUT2D eigenvalue weighted by Gasteiger charge is 2.73. The third-order valence-electron chi connectivity index (χ3n) is 8.33. The Morgan fingerprint density at radius 3 is 1.51 bits per heavy atom. The number of anilines is 1. The summed E-state index contributed by atoms with van der Waals surface area (Å²) in [6, 6.07) is 24.1. The van der Waals surface area contributed by atoms with Crippen LogP contribution in [0.4, 0.5) is 5.69 Å². The Morgan fingerprint density at radius 1 is 0.676 bits per heavy atom. The number of nitrogens with zero attached hydrogens (tertiary/aromatic N) is 3. The molecule has 0 saturated carbocycles. The van der Waals surface area contributed by atoms with Crippen LogP contribution in [-0.2, 0) is 26.4 Å². The summed E-state index contributed by atoms with van der Waals surface area (Å²) in [5.41, 5.74) is 3.58. The zero-order chi connectivity index (χ0) is 25.9. The van der Waals surface area contributed by atoms with E-state index in [2.05, 4.69) is 0 Å². The molecule has 1 saturated heterocycles. The highest BCUT2D eigenvalue weighted by atomic mass is 35.5. The number of halogens is 2. The first-order valence-electron chi connectivity index (χ1n) is 12.0. The van der Waals surface area contributed by atoms with Crippen LogP contribution in [0.15, 0.2) is 83.7 Å². The highest BCUT2D eigenvalue weighted by Crippen LogP contribution is 2.69. The third-order valence-corrected chi connectivity index (χ3v) is 9.62. The number of para-hydroxylation sites is 1. The Labute approximate surface area is 222 Å². The summed E-state index contributed by atoms with van der Waals surface area (Å²) in [4.78, 5) is 40.8. The molecule has 2 atom stereocenters. The van der Waals surface area contributed by atoms with Crippen LogP contribution in [0.5, 0.6) is 0 Å². The fourth-order valence-corrected chi connectivity index (χ4v) is 7.80. The standard InChI is InChI=1S/C29H21Cl2N3O3/c1-16-24(27(37)34(32(16)2)17-10-4-3-5-11-17)33-25(35)22-23(26(33)36)29(31)19-13-7-6-12-18(19)28(22,30)20-14-8-9-15-21(20)29/h3-15,22-23H,1-2H3/t22-,23+,28?,29?. The van der Waals surface area contributed by atoms with Crippen LogP contribution >= 0.6 is 23.2 Å². The molecule has 3 aromatic carbocycles. The van der Waals surface area contributed by atoms with Crippen molar-refractivity contribution in [1.29, 1.82) is 0 Å². The number of carbonyl (C=O) groups excluding carboxylic acids is 2. The van der Waals surface area contributed by atoms with Gasteiger partial charge in [-0.1, -0.05) is 66.7 Å². The average Bonchev–Trinajstić information content (AvgIpc) is 3.31. The van der Waals surface area contributed by atoms with Crippen LogP contribution < -0.4 is 10.5 Å². The molecule has 184 valence electrons. The van der Waals surface area contributed by atoms with Crippen LogP contribution in [0.25, 0.3) is 5.69 Å². The van der Waals surface area contributed by atoms with E-state index in [0.717, 1.165) is 27.2 Å². The van der Waals surface area contributed by atoms with Gasteiger partial charge < -0.3 is 0 Å². The molecule has 2 amide bonds. The highest BCUT2D eigenvalue weighted by molar-refractivity contribution is 6.38. The molecule has 0 N–H and O–H groups in total. The topological polar surface area (TPSA) is 64.3 Å². The van der Waals surface area contributed by atoms with E-state index in [9.17, 15) is 14.4 Å². The summed E-state index contributed by atoms with van der Waals surface area (Å²) < 4.78 is 3.11. The van der Waals surface area contributed by atoms with Crippen molar-refractivity contribution >= 4 is 40.7 Å². The van der Waals surface area contributed by atoms with Gasteiger partial charge in [-0.05, 0) is 41.3 Å². The largest absolute Gasteiger partial charge is 0.296 e. The van der Waals surface area contributed by atoms with Crippen molar-refractivity contribution < 1.29 is 9.59 Å². The van der Waals surface area contributed by atoms with E-state index in [1.807, 2.05) is 66.7 Å². The molecule has 1 fully saturated rings. The maximum Gasteiger partial charge on any atom is 0.296 e. The molecular formula is C29H21Cl2N3O3. The number of rotatable bonds is 2. The van der Waals surface area contributed by atoms with E-state index in [0.29, 0.717) is 11.4 Å². The molecule has 0 radical (unpaired) electrons. The molecule has 0 unspecified atom stereocenters. The SMILES string of the molecule is Cc1c(N2C(=O)[C@@H]3[C@H](C2=O)C2(Cl)c4ccccc4C3(Cl)c3ccccc32)c(=O)n(-c2ccccc2)n1C. The maximum absolute atomic E-state index is 14.3. The Hall–Kier alpha value is -3.61. The van der Waals surface area contributed by atoms with Crippen molar-refractivity contribution in [2.45, 2.75) is 16.7 Å². The number of benzene rings is 3. The maximum atomic E-state index is 14.3. The molecule has 8 heteroatoms. The lowest BCUT2D eigenvalue weighted by Gasteiger charge is -2.54. The fraction of sp³-hybridized carbons (Fsp3) is 0.207. The predicted octanol–water partition coefficient (Wildman–Crippen LogP) is 4.58. The van der Waals surface area contributed by atoms with Gasteiger partial charge in [-0.3, -0.25) is 19.1 Å².